The molecule has 0 saturated heterocycles. The summed E-state index contributed by atoms with van der Waals surface area (Å²) in [6.45, 7) is 4.58. The van der Waals surface area contributed by atoms with Crippen LogP contribution in [0.2, 0.25) is 0 Å². The van der Waals surface area contributed by atoms with Crippen molar-refractivity contribution in [1.82, 2.24) is 0 Å². The van der Waals surface area contributed by atoms with Gasteiger partial charge in [0.1, 0.15) is 11.5 Å². The highest BCUT2D eigenvalue weighted by molar-refractivity contribution is 7.89. The average molecular weight is 388 g/mol. The van der Waals surface area contributed by atoms with Crippen molar-refractivity contribution in [1.29, 1.82) is 0 Å². The molecule has 0 bridgehead atoms. The maximum atomic E-state index is 12.4. The van der Waals surface area contributed by atoms with Crippen LogP contribution in [0.4, 0.5) is 13.2 Å². The first-order valence-corrected chi connectivity index (χ1v) is 9.26. The van der Waals surface area contributed by atoms with Crippen LogP contribution in [0.25, 0.3) is 0 Å². The molecule has 1 aromatic rings. The lowest BCUT2D eigenvalue weighted by molar-refractivity contribution is -0.0925. The Balaban J connectivity index is 1.97. The Bertz CT molecular complexity index is 699. The molecule has 0 heterocycles. The lowest BCUT2D eigenvalue weighted by Gasteiger charge is -2.05. The third-order valence-electron chi connectivity index (χ3n) is 4.89. The number of halogens is 3. The zero-order chi connectivity index (χ0) is 19.7. The molecule has 144 valence electrons. The third kappa shape index (κ3) is 4.72. The quantitative estimate of drug-likeness (QED) is 0.395. The number of aliphatic imine (C=N–C) groups is 1. The topological polar surface area (TPSA) is 113 Å². The molecular weight excluding hydrogens is 365 g/mol. The zero-order valence-corrected chi connectivity index (χ0v) is 15.4. The van der Waals surface area contributed by atoms with Crippen LogP contribution in [0.5, 0.6) is 0 Å². The molecule has 1 aromatic carbocycles. The molecule has 9 heteroatoms. The summed E-state index contributed by atoms with van der Waals surface area (Å²) in [5.74, 6) is 0.400. The highest BCUT2D eigenvalue weighted by atomic mass is 32.2. The summed E-state index contributed by atoms with van der Waals surface area (Å²) in [5, 5.41) is 5.35. The number of benzene rings is 1. The summed E-state index contributed by atoms with van der Waals surface area (Å²) in [6, 6.07) is 7.32. The molecule has 0 amide bonds. The second-order valence-electron chi connectivity index (χ2n) is 6.96. The Labute approximate surface area is 153 Å². The van der Waals surface area contributed by atoms with Crippen LogP contribution in [0.1, 0.15) is 31.7 Å². The van der Waals surface area contributed by atoms with Gasteiger partial charge < -0.3 is 16.0 Å². The van der Waals surface area contributed by atoms with Gasteiger partial charge in [0.05, 0.1) is 11.4 Å². The number of hydrogen-bond acceptors (Lipinski definition) is 4. The number of nitrogens with two attached hydrogens (primary N) is 3. The Kier molecular flexibility index (Phi) is 5.94. The fraction of sp³-hybridized carbons (Fsp3) is 0.471. The Morgan fingerprint density at radius 1 is 1.27 bits per heavy atom. The van der Waals surface area contributed by atoms with Gasteiger partial charge in [-0.05, 0) is 41.4 Å². The second-order valence-corrected chi connectivity index (χ2v) is 8.03. The van der Waals surface area contributed by atoms with Crippen molar-refractivity contribution in [3.05, 3.63) is 41.6 Å². The van der Waals surface area contributed by atoms with Crippen molar-refractivity contribution in [2.24, 2.45) is 32.9 Å². The second kappa shape index (κ2) is 7.50. The number of nitrogens with zero attached hydrogens (tertiary/aromatic N) is 1. The van der Waals surface area contributed by atoms with Crippen LogP contribution in [0, 0.1) is 11.3 Å². The predicted molar refractivity (Wildman–Crippen MR) is 96.5 cm³/mol. The lowest BCUT2D eigenvalue weighted by atomic mass is 10.0. The van der Waals surface area contributed by atoms with Crippen molar-refractivity contribution < 1.29 is 17.7 Å². The normalized spacial score (nSPS) is 24.4. The first-order chi connectivity index (χ1) is 11.9. The van der Waals surface area contributed by atoms with Gasteiger partial charge in [0.2, 0.25) is 0 Å². The minimum absolute atomic E-state index is 0.0501. The molecule has 3 unspecified atom stereocenters. The average Bonchev–Trinajstić information content (AvgIpc) is 3.07. The van der Waals surface area contributed by atoms with E-state index in [1.54, 1.807) is 12.1 Å². The number of hydrogen-bond donors (Lipinski definition) is 3. The highest BCUT2D eigenvalue weighted by Gasteiger charge is 2.57. The van der Waals surface area contributed by atoms with Gasteiger partial charge in [-0.15, -0.1) is 5.14 Å². The summed E-state index contributed by atoms with van der Waals surface area (Å²) in [6.07, 6.45) is -3.27. The fourth-order valence-corrected chi connectivity index (χ4v) is 3.78. The van der Waals surface area contributed by atoms with Crippen molar-refractivity contribution in [2.45, 2.75) is 37.3 Å². The molecule has 0 aromatic heterocycles. The van der Waals surface area contributed by atoms with E-state index in [4.69, 9.17) is 16.6 Å². The van der Waals surface area contributed by atoms with Gasteiger partial charge in [-0.3, -0.25) is 4.99 Å². The SMILES string of the molecule is CC1(C)C(CCN=C(N)C=C(N)C(F)(F)F)C1c1ccc([S+](N)[O-])cc1. The molecule has 3 atom stereocenters. The maximum absolute atomic E-state index is 12.4. The molecular formula is C17H23F3N4OS. The molecule has 0 radical (unpaired) electrons. The van der Waals surface area contributed by atoms with Crippen LogP contribution in [-0.2, 0) is 11.4 Å². The number of allylic oxidation sites excluding steroid dienone is 1. The number of rotatable bonds is 6. The van der Waals surface area contributed by atoms with Crippen molar-refractivity contribution in [2.75, 3.05) is 6.54 Å². The van der Waals surface area contributed by atoms with Gasteiger partial charge in [0.25, 0.3) is 0 Å². The molecule has 6 N–H and O–H groups in total. The van der Waals surface area contributed by atoms with E-state index in [0.29, 0.717) is 35.8 Å². The van der Waals surface area contributed by atoms with Crippen LogP contribution < -0.4 is 16.6 Å². The number of amidine groups is 1. The molecule has 1 fully saturated rings. The number of alkyl halides is 3. The minimum Gasteiger partial charge on any atom is -0.593 e. The summed E-state index contributed by atoms with van der Waals surface area (Å²) in [7, 11) is 0. The summed E-state index contributed by atoms with van der Waals surface area (Å²) < 4.78 is 48.3. The fourth-order valence-electron chi connectivity index (χ4n) is 3.37. The Morgan fingerprint density at radius 3 is 2.35 bits per heavy atom. The van der Waals surface area contributed by atoms with E-state index in [0.717, 1.165) is 5.56 Å². The van der Waals surface area contributed by atoms with Crippen LogP contribution in [0.15, 0.2) is 45.9 Å². The van der Waals surface area contributed by atoms with E-state index in [-0.39, 0.29) is 11.3 Å². The molecule has 1 saturated carbocycles. The molecule has 26 heavy (non-hydrogen) atoms. The first-order valence-electron chi connectivity index (χ1n) is 8.05. The Hall–Kier alpha value is -1.71. The largest absolute Gasteiger partial charge is 0.593 e. The van der Waals surface area contributed by atoms with Crippen molar-refractivity contribution in [3.8, 4) is 0 Å². The van der Waals surface area contributed by atoms with Gasteiger partial charge in [0.15, 0.2) is 4.90 Å². The van der Waals surface area contributed by atoms with E-state index in [1.807, 2.05) is 12.1 Å². The van der Waals surface area contributed by atoms with Crippen molar-refractivity contribution in [3.63, 3.8) is 0 Å². The van der Waals surface area contributed by atoms with Gasteiger partial charge in [-0.1, -0.05) is 26.0 Å². The molecule has 1 aliphatic carbocycles. The van der Waals surface area contributed by atoms with Gasteiger partial charge in [-0.25, -0.2) is 0 Å². The smallest absolute Gasteiger partial charge is 0.430 e. The summed E-state index contributed by atoms with van der Waals surface area (Å²) in [5.41, 5.74) is 10.3. The van der Waals surface area contributed by atoms with Gasteiger partial charge in [0, 0.05) is 12.6 Å². The van der Waals surface area contributed by atoms with Crippen LogP contribution >= 0.6 is 0 Å². The highest BCUT2D eigenvalue weighted by Crippen LogP contribution is 2.65. The van der Waals surface area contributed by atoms with E-state index >= 15 is 0 Å². The summed E-state index contributed by atoms with van der Waals surface area (Å²) in [4.78, 5) is 4.54. The van der Waals surface area contributed by atoms with E-state index in [1.165, 1.54) is 0 Å². The first kappa shape index (κ1) is 20.6. The minimum atomic E-state index is -4.61. The van der Waals surface area contributed by atoms with E-state index < -0.39 is 23.2 Å². The van der Waals surface area contributed by atoms with E-state index in [9.17, 15) is 17.7 Å². The zero-order valence-electron chi connectivity index (χ0n) is 14.6. The maximum Gasteiger partial charge on any atom is 0.430 e. The third-order valence-corrected chi connectivity index (χ3v) is 5.62. The standard InChI is InChI=1S/C17H23F3N4OS/c1-16(2)12(7-8-24-14(22)9-13(21)17(18,19)20)15(16)10-3-5-11(6-4-10)26(23)25/h3-6,9,12,15H,7-8,21,23H2,1-2H3,(H2,22,24). The monoisotopic (exact) mass is 388 g/mol. The Morgan fingerprint density at radius 2 is 1.85 bits per heavy atom. The molecule has 1 aliphatic rings. The van der Waals surface area contributed by atoms with Crippen LogP contribution in [0.3, 0.4) is 0 Å². The predicted octanol–water partition coefficient (Wildman–Crippen LogP) is 2.56. The lowest BCUT2D eigenvalue weighted by Crippen LogP contribution is -2.23. The van der Waals surface area contributed by atoms with Gasteiger partial charge >= 0.3 is 6.18 Å². The van der Waals surface area contributed by atoms with E-state index in [2.05, 4.69) is 18.8 Å². The molecule has 2 rings (SSSR count). The van der Waals surface area contributed by atoms with Crippen LogP contribution in [-0.4, -0.2) is 23.1 Å². The summed E-state index contributed by atoms with van der Waals surface area (Å²) >= 11 is -1.51. The van der Waals surface area contributed by atoms with Crippen molar-refractivity contribution >= 4 is 17.2 Å². The molecule has 5 nitrogen and oxygen atoms in total. The molecule has 0 aliphatic heterocycles. The van der Waals surface area contributed by atoms with Gasteiger partial charge in [-0.2, -0.15) is 13.2 Å². The molecule has 0 spiro atoms.